The van der Waals surface area contributed by atoms with Gasteiger partial charge < -0.3 is 8.92 Å². The predicted octanol–water partition coefficient (Wildman–Crippen LogP) is 2.98. The Labute approximate surface area is 120 Å². The molecule has 0 spiro atoms. The molecule has 0 aliphatic heterocycles. The van der Waals surface area contributed by atoms with E-state index in [2.05, 4.69) is 0 Å². The second-order valence-electron chi connectivity index (χ2n) is 6.08. The van der Waals surface area contributed by atoms with E-state index in [1.165, 1.54) is 20.0 Å². The highest BCUT2D eigenvalue weighted by atomic mass is 32.2. The smallest absolute Gasteiger partial charge is 0.309 e. The van der Waals surface area contributed by atoms with Crippen LogP contribution in [0, 0.1) is 11.3 Å². The fraction of sp³-hybridized carbons (Fsp3) is 0.600. The molecule has 4 nitrogen and oxygen atoms in total. The molecule has 2 fully saturated rings. The van der Waals surface area contributed by atoms with E-state index in [9.17, 15) is 8.42 Å². The number of benzene rings is 1. The molecule has 0 radical (unpaired) electrons. The van der Waals surface area contributed by atoms with Gasteiger partial charge in [-0.15, -0.1) is 0 Å². The van der Waals surface area contributed by atoms with Gasteiger partial charge >= 0.3 is 10.1 Å². The summed E-state index contributed by atoms with van der Waals surface area (Å²) in [6.45, 7) is 0. The summed E-state index contributed by atoms with van der Waals surface area (Å²) in [4.78, 5) is 0. The Hall–Kier alpha value is -1.23. The number of hydrogen-bond acceptors (Lipinski definition) is 4. The summed E-state index contributed by atoms with van der Waals surface area (Å²) in [5.41, 5.74) is -0.0362. The number of rotatable bonds is 5. The zero-order valence-electron chi connectivity index (χ0n) is 11.7. The van der Waals surface area contributed by atoms with Gasteiger partial charge in [0.25, 0.3) is 0 Å². The molecular formula is C15H20O4S. The molecule has 0 heterocycles. The first-order chi connectivity index (χ1) is 9.52. The minimum absolute atomic E-state index is 0.0362. The second kappa shape index (κ2) is 4.95. The molecule has 0 amide bonds. The van der Waals surface area contributed by atoms with Gasteiger partial charge in [-0.1, -0.05) is 12.1 Å². The van der Waals surface area contributed by atoms with Crippen molar-refractivity contribution in [1.29, 1.82) is 0 Å². The van der Waals surface area contributed by atoms with Gasteiger partial charge in [0.15, 0.2) is 11.5 Å². The molecule has 3 rings (SSSR count). The van der Waals surface area contributed by atoms with Crippen molar-refractivity contribution >= 4 is 10.1 Å². The van der Waals surface area contributed by atoms with Crippen LogP contribution >= 0.6 is 0 Å². The van der Waals surface area contributed by atoms with Gasteiger partial charge in [0, 0.05) is 0 Å². The molecule has 110 valence electrons. The van der Waals surface area contributed by atoms with Gasteiger partial charge in [0.1, 0.15) is 0 Å². The van der Waals surface area contributed by atoms with Crippen molar-refractivity contribution in [2.45, 2.75) is 32.1 Å². The maximum Gasteiger partial charge on any atom is 0.309 e. The number of hydrogen-bond donors (Lipinski definition) is 0. The molecule has 0 atom stereocenters. The van der Waals surface area contributed by atoms with E-state index in [-0.39, 0.29) is 16.9 Å². The Morgan fingerprint density at radius 1 is 1.20 bits per heavy atom. The van der Waals surface area contributed by atoms with E-state index in [4.69, 9.17) is 8.92 Å². The molecule has 2 bridgehead atoms. The maximum atomic E-state index is 12.3. The Kier molecular flexibility index (Phi) is 3.40. The first-order valence-electron chi connectivity index (χ1n) is 7.07. The minimum atomic E-state index is -3.57. The van der Waals surface area contributed by atoms with E-state index >= 15 is 0 Å². The monoisotopic (exact) mass is 296 g/mol. The molecule has 1 aromatic rings. The van der Waals surface area contributed by atoms with Crippen LogP contribution in [0.5, 0.6) is 11.5 Å². The topological polar surface area (TPSA) is 52.6 Å². The van der Waals surface area contributed by atoms with Crippen LogP contribution in [0.4, 0.5) is 0 Å². The normalized spacial score (nSPS) is 28.6. The largest absolute Gasteiger partial charge is 0.493 e. The minimum Gasteiger partial charge on any atom is -0.493 e. The molecular weight excluding hydrogens is 276 g/mol. The molecule has 2 aliphatic carbocycles. The number of para-hydroxylation sites is 2. The van der Waals surface area contributed by atoms with E-state index < -0.39 is 10.1 Å². The fourth-order valence-corrected chi connectivity index (χ4v) is 5.37. The molecule has 2 saturated carbocycles. The van der Waals surface area contributed by atoms with Gasteiger partial charge in [-0.3, -0.25) is 0 Å². The third kappa shape index (κ3) is 2.64. The van der Waals surface area contributed by atoms with E-state index in [0.29, 0.717) is 5.75 Å². The lowest BCUT2D eigenvalue weighted by Gasteiger charge is -2.25. The first-order valence-corrected chi connectivity index (χ1v) is 8.65. The van der Waals surface area contributed by atoms with Gasteiger partial charge in [-0.25, -0.2) is 0 Å². The molecule has 20 heavy (non-hydrogen) atoms. The van der Waals surface area contributed by atoms with Gasteiger partial charge in [0.2, 0.25) is 0 Å². The van der Waals surface area contributed by atoms with Crippen LogP contribution in [0.2, 0.25) is 0 Å². The lowest BCUT2D eigenvalue weighted by atomic mass is 9.87. The highest BCUT2D eigenvalue weighted by Crippen LogP contribution is 2.54. The molecule has 5 heteroatoms. The predicted molar refractivity (Wildman–Crippen MR) is 76.4 cm³/mol. The van der Waals surface area contributed by atoms with Gasteiger partial charge in [-0.05, 0) is 55.6 Å². The van der Waals surface area contributed by atoms with Crippen molar-refractivity contribution in [3.8, 4) is 11.5 Å². The summed E-state index contributed by atoms with van der Waals surface area (Å²) in [5, 5.41) is 0. The van der Waals surface area contributed by atoms with Crippen LogP contribution in [-0.4, -0.2) is 21.3 Å². The van der Waals surface area contributed by atoms with Crippen molar-refractivity contribution in [1.82, 2.24) is 0 Å². The zero-order chi connectivity index (χ0) is 14.2. The summed E-state index contributed by atoms with van der Waals surface area (Å²) in [7, 11) is -2.07. The number of ether oxygens (including phenoxy) is 1. The van der Waals surface area contributed by atoms with Crippen LogP contribution in [0.3, 0.4) is 0 Å². The Balaban J connectivity index is 1.76. The first kappa shape index (κ1) is 13.7. The van der Waals surface area contributed by atoms with Crippen molar-refractivity contribution in [3.05, 3.63) is 24.3 Å². The fourth-order valence-electron chi connectivity index (χ4n) is 3.74. The Morgan fingerprint density at radius 3 is 2.40 bits per heavy atom. The standard InChI is InChI=1S/C15H20O4S/c1-18-13-4-2-3-5-14(13)19-20(16,17)11-15-8-6-12(10-15)7-9-15/h2-5,12H,6-11H2,1H3. The number of methoxy groups -OCH3 is 1. The molecule has 0 unspecified atom stereocenters. The van der Waals surface area contributed by atoms with Crippen LogP contribution < -0.4 is 8.92 Å². The highest BCUT2D eigenvalue weighted by Gasteiger charge is 2.47. The highest BCUT2D eigenvalue weighted by molar-refractivity contribution is 7.87. The van der Waals surface area contributed by atoms with E-state index in [1.807, 2.05) is 0 Å². The number of fused-ring (bicyclic) bond motifs is 2. The zero-order valence-corrected chi connectivity index (χ0v) is 12.5. The maximum absolute atomic E-state index is 12.3. The molecule has 2 aliphatic rings. The lowest BCUT2D eigenvalue weighted by Crippen LogP contribution is -2.28. The van der Waals surface area contributed by atoms with E-state index in [0.717, 1.165) is 25.2 Å². The van der Waals surface area contributed by atoms with Crippen LogP contribution in [0.15, 0.2) is 24.3 Å². The second-order valence-corrected chi connectivity index (χ2v) is 7.65. The van der Waals surface area contributed by atoms with Crippen molar-refractivity contribution < 1.29 is 17.3 Å². The molecule has 1 aromatic carbocycles. The van der Waals surface area contributed by atoms with Gasteiger partial charge in [-0.2, -0.15) is 8.42 Å². The van der Waals surface area contributed by atoms with Crippen molar-refractivity contribution in [2.75, 3.05) is 12.9 Å². The summed E-state index contributed by atoms with van der Waals surface area (Å²) in [6, 6.07) is 6.85. The average molecular weight is 296 g/mol. The summed E-state index contributed by atoms with van der Waals surface area (Å²) < 4.78 is 35.1. The third-order valence-corrected chi connectivity index (χ3v) is 6.06. The Morgan fingerprint density at radius 2 is 1.85 bits per heavy atom. The summed E-state index contributed by atoms with van der Waals surface area (Å²) >= 11 is 0. The quantitative estimate of drug-likeness (QED) is 0.784. The summed E-state index contributed by atoms with van der Waals surface area (Å²) in [6.07, 6.45) is 5.42. The SMILES string of the molecule is COc1ccccc1OS(=O)(=O)CC12CCC(CC1)C2. The van der Waals surface area contributed by atoms with Gasteiger partial charge in [0.05, 0.1) is 12.9 Å². The van der Waals surface area contributed by atoms with E-state index in [1.54, 1.807) is 24.3 Å². The lowest BCUT2D eigenvalue weighted by molar-refractivity contribution is 0.323. The van der Waals surface area contributed by atoms with Crippen LogP contribution in [-0.2, 0) is 10.1 Å². The van der Waals surface area contributed by atoms with Crippen molar-refractivity contribution in [3.63, 3.8) is 0 Å². The average Bonchev–Trinajstić information content (AvgIpc) is 2.97. The summed E-state index contributed by atoms with van der Waals surface area (Å²) in [5.74, 6) is 1.59. The van der Waals surface area contributed by atoms with Crippen molar-refractivity contribution in [2.24, 2.45) is 11.3 Å². The molecule has 0 saturated heterocycles. The molecule has 0 aromatic heterocycles. The van der Waals surface area contributed by atoms with Crippen LogP contribution in [0.1, 0.15) is 32.1 Å². The molecule has 0 N–H and O–H groups in total. The van der Waals surface area contributed by atoms with Crippen LogP contribution in [0.25, 0.3) is 0 Å². The Bertz CT molecular complexity index is 586. The third-order valence-electron chi connectivity index (χ3n) is 4.66.